The fourth-order valence-corrected chi connectivity index (χ4v) is 2.79. The minimum absolute atomic E-state index is 0.325. The van der Waals surface area contributed by atoms with Gasteiger partial charge >= 0.3 is 0 Å². The van der Waals surface area contributed by atoms with Gasteiger partial charge in [0.25, 0.3) is 0 Å². The molecule has 0 saturated heterocycles. The summed E-state index contributed by atoms with van der Waals surface area (Å²) in [5.74, 6) is 0. The Morgan fingerprint density at radius 1 is 1.04 bits per heavy atom. The lowest BCUT2D eigenvalue weighted by molar-refractivity contribution is 0.518. The Kier molecular flexibility index (Phi) is 4.57. The second-order valence-electron chi connectivity index (χ2n) is 5.89. The third kappa shape index (κ3) is 3.68. The Morgan fingerprint density at radius 3 is 2.48 bits per heavy atom. The number of nitrogens with one attached hydrogen (secondary N) is 1. The maximum absolute atomic E-state index is 4.26. The van der Waals surface area contributed by atoms with Crippen LogP contribution in [0.15, 0.2) is 49.1 Å². The minimum Gasteiger partial charge on any atom is -0.306 e. The van der Waals surface area contributed by atoms with Crippen LogP contribution in [0.5, 0.6) is 0 Å². The lowest BCUT2D eigenvalue weighted by atomic mass is 10.0. The van der Waals surface area contributed by atoms with Crippen molar-refractivity contribution in [3.63, 3.8) is 0 Å². The molecule has 5 nitrogen and oxygen atoms in total. The number of nitrogens with zero attached hydrogens (tertiary/aromatic N) is 4. The molecular formula is C18H23N5. The van der Waals surface area contributed by atoms with Crippen molar-refractivity contribution in [2.75, 3.05) is 0 Å². The maximum Gasteiger partial charge on any atom is 0.0568 e. The van der Waals surface area contributed by atoms with Crippen LogP contribution in [0.3, 0.4) is 0 Å². The molecular weight excluding hydrogens is 286 g/mol. The van der Waals surface area contributed by atoms with Gasteiger partial charge in [-0.1, -0.05) is 25.1 Å². The SMILES string of the molecule is CCC(NCc1cccc(-c2cnn(C)c2)c1)c1cnn(C)c1. The van der Waals surface area contributed by atoms with E-state index >= 15 is 0 Å². The first-order valence-corrected chi connectivity index (χ1v) is 7.95. The van der Waals surface area contributed by atoms with E-state index in [9.17, 15) is 0 Å². The fraction of sp³-hybridized carbons (Fsp3) is 0.333. The molecule has 1 unspecified atom stereocenters. The summed E-state index contributed by atoms with van der Waals surface area (Å²) in [6.07, 6.45) is 8.99. The molecule has 0 radical (unpaired) electrons. The van der Waals surface area contributed by atoms with E-state index in [4.69, 9.17) is 0 Å². The standard InChI is InChI=1S/C18H23N5/c1-4-18(17-11-21-23(3)13-17)19-9-14-6-5-7-15(8-14)16-10-20-22(2)12-16/h5-8,10-13,18-19H,4,9H2,1-3H3. The number of hydrogen-bond acceptors (Lipinski definition) is 3. The van der Waals surface area contributed by atoms with E-state index in [1.165, 1.54) is 16.7 Å². The van der Waals surface area contributed by atoms with Crippen molar-refractivity contribution in [3.05, 3.63) is 60.2 Å². The monoisotopic (exact) mass is 309 g/mol. The highest BCUT2D eigenvalue weighted by atomic mass is 15.2. The normalized spacial score (nSPS) is 12.5. The molecule has 0 amide bonds. The topological polar surface area (TPSA) is 47.7 Å². The van der Waals surface area contributed by atoms with Gasteiger partial charge in [0.1, 0.15) is 0 Å². The number of rotatable bonds is 6. The van der Waals surface area contributed by atoms with Crippen LogP contribution in [0.2, 0.25) is 0 Å². The largest absolute Gasteiger partial charge is 0.306 e. The molecule has 2 aromatic heterocycles. The van der Waals surface area contributed by atoms with E-state index in [0.29, 0.717) is 6.04 Å². The van der Waals surface area contributed by atoms with Crippen LogP contribution in [0.1, 0.15) is 30.5 Å². The predicted octanol–water partition coefficient (Wildman–Crippen LogP) is 3.06. The highest BCUT2D eigenvalue weighted by molar-refractivity contribution is 5.62. The first-order valence-electron chi connectivity index (χ1n) is 7.95. The van der Waals surface area contributed by atoms with E-state index in [1.54, 1.807) is 0 Å². The Bertz CT molecular complexity index is 771. The van der Waals surface area contributed by atoms with Crippen molar-refractivity contribution in [2.45, 2.75) is 25.9 Å². The second kappa shape index (κ2) is 6.79. The predicted molar refractivity (Wildman–Crippen MR) is 91.7 cm³/mol. The summed E-state index contributed by atoms with van der Waals surface area (Å²) in [6, 6.07) is 8.93. The molecule has 0 aliphatic carbocycles. The first kappa shape index (κ1) is 15.5. The zero-order chi connectivity index (χ0) is 16.2. The molecule has 1 atom stereocenters. The van der Waals surface area contributed by atoms with Gasteiger partial charge in [0.2, 0.25) is 0 Å². The molecule has 1 aromatic carbocycles. The van der Waals surface area contributed by atoms with Crippen molar-refractivity contribution in [2.24, 2.45) is 14.1 Å². The summed E-state index contributed by atoms with van der Waals surface area (Å²) >= 11 is 0. The summed E-state index contributed by atoms with van der Waals surface area (Å²) < 4.78 is 3.68. The Hall–Kier alpha value is -2.40. The zero-order valence-electron chi connectivity index (χ0n) is 13.9. The molecule has 2 heterocycles. The summed E-state index contributed by atoms with van der Waals surface area (Å²) in [4.78, 5) is 0. The summed E-state index contributed by atoms with van der Waals surface area (Å²) in [6.45, 7) is 3.03. The van der Waals surface area contributed by atoms with Crippen molar-refractivity contribution in [3.8, 4) is 11.1 Å². The zero-order valence-corrected chi connectivity index (χ0v) is 13.9. The summed E-state index contributed by atoms with van der Waals surface area (Å²) in [7, 11) is 3.89. The van der Waals surface area contributed by atoms with Crippen LogP contribution < -0.4 is 5.32 Å². The number of aryl methyl sites for hydroxylation is 2. The minimum atomic E-state index is 0.325. The Labute approximate surface area is 136 Å². The van der Waals surface area contributed by atoms with Crippen molar-refractivity contribution >= 4 is 0 Å². The molecule has 1 N–H and O–H groups in total. The highest BCUT2D eigenvalue weighted by Crippen LogP contribution is 2.21. The summed E-state index contributed by atoms with van der Waals surface area (Å²) in [5.41, 5.74) is 4.85. The van der Waals surface area contributed by atoms with Gasteiger partial charge in [0.05, 0.1) is 12.4 Å². The molecule has 0 aliphatic rings. The molecule has 120 valence electrons. The van der Waals surface area contributed by atoms with E-state index in [1.807, 2.05) is 42.0 Å². The molecule has 0 saturated carbocycles. The molecule has 0 spiro atoms. The fourth-order valence-electron chi connectivity index (χ4n) is 2.79. The molecule has 23 heavy (non-hydrogen) atoms. The maximum atomic E-state index is 4.26. The van der Waals surface area contributed by atoms with E-state index in [2.05, 4.69) is 52.9 Å². The smallest absolute Gasteiger partial charge is 0.0568 e. The number of aromatic nitrogens is 4. The van der Waals surface area contributed by atoms with Gasteiger partial charge in [-0.25, -0.2) is 0 Å². The van der Waals surface area contributed by atoms with Crippen LogP contribution in [0, 0.1) is 0 Å². The Morgan fingerprint density at radius 2 is 1.83 bits per heavy atom. The third-order valence-corrected chi connectivity index (χ3v) is 4.05. The number of benzene rings is 1. The first-order chi connectivity index (χ1) is 11.2. The van der Waals surface area contributed by atoms with Crippen LogP contribution in [-0.4, -0.2) is 19.6 Å². The van der Waals surface area contributed by atoms with Gasteiger partial charge in [0.15, 0.2) is 0 Å². The highest BCUT2D eigenvalue weighted by Gasteiger charge is 2.10. The molecule has 0 bridgehead atoms. The second-order valence-corrected chi connectivity index (χ2v) is 5.89. The van der Waals surface area contributed by atoms with Crippen molar-refractivity contribution < 1.29 is 0 Å². The molecule has 3 aromatic rings. The molecule has 5 heteroatoms. The van der Waals surface area contributed by atoms with Crippen LogP contribution in [-0.2, 0) is 20.6 Å². The van der Waals surface area contributed by atoms with Gasteiger partial charge in [-0.05, 0) is 23.6 Å². The van der Waals surface area contributed by atoms with Gasteiger partial charge in [0, 0.05) is 50.2 Å². The molecule has 3 rings (SSSR count). The van der Waals surface area contributed by atoms with Gasteiger partial charge < -0.3 is 5.32 Å². The van der Waals surface area contributed by atoms with E-state index in [-0.39, 0.29) is 0 Å². The van der Waals surface area contributed by atoms with Crippen LogP contribution in [0.25, 0.3) is 11.1 Å². The Balaban J connectivity index is 1.70. The van der Waals surface area contributed by atoms with Gasteiger partial charge in [-0.3, -0.25) is 9.36 Å². The summed E-state index contributed by atoms with van der Waals surface area (Å²) in [5, 5.41) is 12.1. The third-order valence-electron chi connectivity index (χ3n) is 4.05. The van der Waals surface area contributed by atoms with Crippen molar-refractivity contribution in [1.29, 1.82) is 0 Å². The van der Waals surface area contributed by atoms with Crippen LogP contribution >= 0.6 is 0 Å². The average Bonchev–Trinajstić information content (AvgIpc) is 3.17. The average molecular weight is 309 g/mol. The van der Waals surface area contributed by atoms with Gasteiger partial charge in [-0.2, -0.15) is 10.2 Å². The van der Waals surface area contributed by atoms with Crippen molar-refractivity contribution in [1.82, 2.24) is 24.9 Å². The van der Waals surface area contributed by atoms with Gasteiger partial charge in [-0.15, -0.1) is 0 Å². The quantitative estimate of drug-likeness (QED) is 0.761. The number of hydrogen-bond donors (Lipinski definition) is 1. The molecule has 0 fully saturated rings. The van der Waals surface area contributed by atoms with E-state index < -0.39 is 0 Å². The van der Waals surface area contributed by atoms with E-state index in [0.717, 1.165) is 18.5 Å². The molecule has 0 aliphatic heterocycles. The lowest BCUT2D eigenvalue weighted by Crippen LogP contribution is -2.19. The lowest BCUT2D eigenvalue weighted by Gasteiger charge is -2.15. The van der Waals surface area contributed by atoms with Crippen LogP contribution in [0.4, 0.5) is 0 Å².